The summed E-state index contributed by atoms with van der Waals surface area (Å²) < 4.78 is 13.2. The number of carbonyl (C=O) groups excluding carboxylic acids is 1. The second-order valence-electron chi connectivity index (χ2n) is 8.42. The lowest BCUT2D eigenvalue weighted by atomic mass is 10.2. The molecule has 1 aliphatic rings. The van der Waals surface area contributed by atoms with E-state index < -0.39 is 0 Å². The number of carbonyl (C=O) groups is 1. The number of furan rings is 1. The van der Waals surface area contributed by atoms with Crippen LogP contribution in [0.15, 0.2) is 47.1 Å². The summed E-state index contributed by atoms with van der Waals surface area (Å²) in [4.78, 5) is 17.4. The first-order valence-corrected chi connectivity index (χ1v) is 11.6. The van der Waals surface area contributed by atoms with E-state index in [1.807, 2.05) is 55.7 Å². The number of amides is 1. The Labute approximate surface area is 200 Å². The van der Waals surface area contributed by atoms with Gasteiger partial charge in [0, 0.05) is 31.9 Å². The highest BCUT2D eigenvalue weighted by atomic mass is 16.5. The molecule has 3 aromatic rings. The van der Waals surface area contributed by atoms with Crippen LogP contribution in [-0.2, 0) is 11.3 Å². The summed E-state index contributed by atoms with van der Waals surface area (Å²) in [5.74, 6) is 2.06. The highest BCUT2D eigenvalue weighted by Gasteiger charge is 2.24. The Hall–Kier alpha value is -3.70. The van der Waals surface area contributed by atoms with Crippen LogP contribution in [0.4, 0.5) is 11.5 Å². The molecule has 0 atom stereocenters. The van der Waals surface area contributed by atoms with Crippen LogP contribution in [0.3, 0.4) is 0 Å². The van der Waals surface area contributed by atoms with Gasteiger partial charge < -0.3 is 23.9 Å². The van der Waals surface area contributed by atoms with Crippen molar-refractivity contribution in [3.05, 3.63) is 65.2 Å². The van der Waals surface area contributed by atoms with Gasteiger partial charge in [0.25, 0.3) is 0 Å². The average molecular weight is 462 g/mol. The molecule has 0 unspecified atom stereocenters. The fourth-order valence-corrected chi connectivity index (χ4v) is 4.40. The minimum absolute atomic E-state index is 0.127. The first-order valence-electron chi connectivity index (χ1n) is 11.6. The molecule has 178 valence electrons. The van der Waals surface area contributed by atoms with Crippen LogP contribution in [0.25, 0.3) is 0 Å². The number of rotatable bonds is 8. The standard InChI is InChI=1S/C26H31N5O3/c1-4-33-24-10-6-5-9-23(24)30-13-11-29(12-14-30)18-25(32)28-26-22(16-27)19(2)20(3)31(26)17-21-8-7-15-34-21/h5-10,15H,4,11-14,17-18H2,1-3H3,(H,28,32). The summed E-state index contributed by atoms with van der Waals surface area (Å²) in [6, 6.07) is 14.0. The van der Waals surface area contributed by atoms with Gasteiger partial charge in [0.15, 0.2) is 0 Å². The molecular formula is C26H31N5O3. The predicted octanol–water partition coefficient (Wildman–Crippen LogP) is 3.78. The van der Waals surface area contributed by atoms with Gasteiger partial charge >= 0.3 is 0 Å². The molecule has 1 amide bonds. The number of nitriles is 1. The zero-order chi connectivity index (χ0) is 24.1. The molecule has 1 N–H and O–H groups in total. The Morgan fingerprint density at radius 2 is 1.91 bits per heavy atom. The van der Waals surface area contributed by atoms with E-state index in [0.29, 0.717) is 24.5 Å². The topological polar surface area (TPSA) is 86.7 Å². The third kappa shape index (κ3) is 4.95. The van der Waals surface area contributed by atoms with E-state index in [1.54, 1.807) is 6.26 Å². The van der Waals surface area contributed by atoms with Gasteiger partial charge in [-0.25, -0.2) is 0 Å². The zero-order valence-electron chi connectivity index (χ0n) is 20.0. The molecule has 1 aliphatic heterocycles. The lowest BCUT2D eigenvalue weighted by molar-refractivity contribution is -0.117. The lowest BCUT2D eigenvalue weighted by Crippen LogP contribution is -2.48. The summed E-state index contributed by atoms with van der Waals surface area (Å²) in [5, 5.41) is 12.7. The van der Waals surface area contributed by atoms with Crippen molar-refractivity contribution in [2.75, 3.05) is 49.5 Å². The van der Waals surface area contributed by atoms with Gasteiger partial charge in [0.2, 0.25) is 5.91 Å². The molecule has 0 aliphatic carbocycles. The van der Waals surface area contributed by atoms with Gasteiger partial charge in [-0.2, -0.15) is 5.26 Å². The summed E-state index contributed by atoms with van der Waals surface area (Å²) in [6.07, 6.45) is 1.62. The summed E-state index contributed by atoms with van der Waals surface area (Å²) >= 11 is 0. The van der Waals surface area contributed by atoms with E-state index in [1.165, 1.54) is 0 Å². The Balaban J connectivity index is 1.41. The Bertz CT molecular complexity index is 1170. The van der Waals surface area contributed by atoms with Gasteiger partial charge in [-0.15, -0.1) is 0 Å². The summed E-state index contributed by atoms with van der Waals surface area (Å²) in [6.45, 7) is 10.4. The molecule has 1 saturated heterocycles. The molecule has 3 heterocycles. The molecular weight excluding hydrogens is 430 g/mol. The van der Waals surface area contributed by atoms with Crippen LogP contribution in [0.2, 0.25) is 0 Å². The minimum atomic E-state index is -0.127. The van der Waals surface area contributed by atoms with E-state index in [2.05, 4.69) is 27.3 Å². The van der Waals surface area contributed by atoms with Crippen molar-refractivity contribution in [1.29, 1.82) is 5.26 Å². The van der Waals surface area contributed by atoms with E-state index in [0.717, 1.165) is 54.6 Å². The number of anilines is 2. The Morgan fingerprint density at radius 1 is 1.15 bits per heavy atom. The van der Waals surface area contributed by atoms with Gasteiger partial charge in [-0.3, -0.25) is 9.69 Å². The second kappa shape index (κ2) is 10.5. The fourth-order valence-electron chi connectivity index (χ4n) is 4.40. The maximum Gasteiger partial charge on any atom is 0.239 e. The van der Waals surface area contributed by atoms with E-state index in [4.69, 9.17) is 9.15 Å². The Kier molecular flexibility index (Phi) is 7.24. The van der Waals surface area contributed by atoms with Crippen LogP contribution in [0.1, 0.15) is 29.5 Å². The number of nitrogens with one attached hydrogen (secondary N) is 1. The van der Waals surface area contributed by atoms with Crippen molar-refractivity contribution in [3.8, 4) is 11.8 Å². The molecule has 0 saturated carbocycles. The van der Waals surface area contributed by atoms with Gasteiger partial charge in [0.05, 0.1) is 37.2 Å². The van der Waals surface area contributed by atoms with Crippen molar-refractivity contribution in [2.45, 2.75) is 27.3 Å². The molecule has 2 aromatic heterocycles. The van der Waals surface area contributed by atoms with Crippen molar-refractivity contribution in [1.82, 2.24) is 9.47 Å². The quantitative estimate of drug-likeness (QED) is 0.549. The van der Waals surface area contributed by atoms with Crippen LogP contribution in [-0.4, -0.2) is 54.7 Å². The first kappa shape index (κ1) is 23.5. The number of para-hydroxylation sites is 2. The van der Waals surface area contributed by atoms with Crippen LogP contribution < -0.4 is 15.0 Å². The van der Waals surface area contributed by atoms with Gasteiger partial charge in [-0.1, -0.05) is 12.1 Å². The Morgan fingerprint density at radius 3 is 2.59 bits per heavy atom. The second-order valence-corrected chi connectivity index (χ2v) is 8.42. The third-order valence-electron chi connectivity index (χ3n) is 6.34. The van der Waals surface area contributed by atoms with Crippen molar-refractivity contribution in [3.63, 3.8) is 0 Å². The number of benzene rings is 1. The highest BCUT2D eigenvalue weighted by Crippen LogP contribution is 2.29. The van der Waals surface area contributed by atoms with Gasteiger partial charge in [-0.05, 0) is 50.6 Å². The normalized spacial score (nSPS) is 14.1. The molecule has 0 radical (unpaired) electrons. The molecule has 8 heteroatoms. The lowest BCUT2D eigenvalue weighted by Gasteiger charge is -2.36. The third-order valence-corrected chi connectivity index (χ3v) is 6.34. The predicted molar refractivity (Wildman–Crippen MR) is 131 cm³/mol. The average Bonchev–Trinajstić information content (AvgIpc) is 3.43. The number of hydrogen-bond acceptors (Lipinski definition) is 6. The molecule has 34 heavy (non-hydrogen) atoms. The van der Waals surface area contributed by atoms with E-state index in [-0.39, 0.29) is 12.5 Å². The largest absolute Gasteiger partial charge is 0.492 e. The number of nitrogens with zero attached hydrogens (tertiary/aromatic N) is 4. The van der Waals surface area contributed by atoms with Crippen LogP contribution in [0.5, 0.6) is 5.75 Å². The number of hydrogen-bond donors (Lipinski definition) is 1. The summed E-state index contributed by atoms with van der Waals surface area (Å²) in [5.41, 5.74) is 3.39. The molecule has 8 nitrogen and oxygen atoms in total. The summed E-state index contributed by atoms with van der Waals surface area (Å²) in [7, 11) is 0. The molecule has 4 rings (SSSR count). The zero-order valence-corrected chi connectivity index (χ0v) is 20.0. The molecule has 1 aromatic carbocycles. The number of ether oxygens (including phenoxy) is 1. The molecule has 0 bridgehead atoms. The minimum Gasteiger partial charge on any atom is -0.492 e. The SMILES string of the molecule is CCOc1ccccc1N1CCN(CC(=O)Nc2c(C#N)c(C)c(C)n2Cc2ccco2)CC1. The molecule has 1 fully saturated rings. The van der Waals surface area contributed by atoms with Crippen molar-refractivity contribution >= 4 is 17.4 Å². The smallest absolute Gasteiger partial charge is 0.239 e. The monoisotopic (exact) mass is 461 g/mol. The number of piperazine rings is 1. The maximum absolute atomic E-state index is 13.0. The van der Waals surface area contributed by atoms with Crippen molar-refractivity contribution in [2.24, 2.45) is 0 Å². The number of aromatic nitrogens is 1. The highest BCUT2D eigenvalue weighted by molar-refractivity contribution is 5.93. The maximum atomic E-state index is 13.0. The molecule has 0 spiro atoms. The fraction of sp³-hybridized carbons (Fsp3) is 0.385. The van der Waals surface area contributed by atoms with Crippen LogP contribution in [0, 0.1) is 25.2 Å². The van der Waals surface area contributed by atoms with Crippen molar-refractivity contribution < 1.29 is 13.9 Å². The van der Waals surface area contributed by atoms with E-state index in [9.17, 15) is 10.1 Å². The van der Waals surface area contributed by atoms with Gasteiger partial charge in [0.1, 0.15) is 23.4 Å². The van der Waals surface area contributed by atoms with Crippen LogP contribution >= 0.6 is 0 Å². The first-order chi connectivity index (χ1) is 16.5. The van der Waals surface area contributed by atoms with E-state index >= 15 is 0 Å².